The number of benzene rings is 2. The Kier molecular flexibility index (Phi) is 3.55. The lowest BCUT2D eigenvalue weighted by molar-refractivity contribution is 0.436. The van der Waals surface area contributed by atoms with Crippen molar-refractivity contribution in [3.8, 4) is 22.5 Å². The highest BCUT2D eigenvalue weighted by molar-refractivity contribution is 9.10. The first kappa shape index (κ1) is 13.9. The van der Waals surface area contributed by atoms with E-state index in [4.69, 9.17) is 10.3 Å². The van der Waals surface area contributed by atoms with Crippen LogP contribution in [0.1, 0.15) is 11.1 Å². The zero-order valence-electron chi connectivity index (χ0n) is 11.9. The van der Waals surface area contributed by atoms with E-state index in [2.05, 4.69) is 40.1 Å². The van der Waals surface area contributed by atoms with E-state index in [9.17, 15) is 0 Å². The molecule has 3 aromatic rings. The van der Waals surface area contributed by atoms with Crippen LogP contribution in [-0.2, 0) is 0 Å². The smallest absolute Gasteiger partial charge is 0.177 e. The van der Waals surface area contributed by atoms with Crippen molar-refractivity contribution in [2.75, 3.05) is 5.73 Å². The first-order valence-corrected chi connectivity index (χ1v) is 7.44. The van der Waals surface area contributed by atoms with E-state index in [0.717, 1.165) is 26.7 Å². The summed E-state index contributed by atoms with van der Waals surface area (Å²) in [6, 6.07) is 14.2. The van der Waals surface area contributed by atoms with Crippen molar-refractivity contribution in [1.29, 1.82) is 0 Å². The molecule has 4 heteroatoms. The van der Waals surface area contributed by atoms with E-state index < -0.39 is 0 Å². The van der Waals surface area contributed by atoms with Crippen molar-refractivity contribution in [2.45, 2.75) is 13.8 Å². The molecule has 1 aromatic heterocycles. The molecule has 3 rings (SSSR count). The Morgan fingerprint density at radius 2 is 1.76 bits per heavy atom. The Labute approximate surface area is 131 Å². The van der Waals surface area contributed by atoms with E-state index >= 15 is 0 Å². The van der Waals surface area contributed by atoms with Crippen LogP contribution in [0.5, 0.6) is 0 Å². The lowest BCUT2D eigenvalue weighted by Gasteiger charge is -2.06. The van der Waals surface area contributed by atoms with E-state index in [1.54, 1.807) is 0 Å². The maximum atomic E-state index is 6.01. The Morgan fingerprint density at radius 1 is 1.05 bits per heavy atom. The summed E-state index contributed by atoms with van der Waals surface area (Å²) < 4.78 is 6.53. The number of aromatic nitrogens is 1. The highest BCUT2D eigenvalue weighted by Gasteiger charge is 2.19. The van der Waals surface area contributed by atoms with Gasteiger partial charge in [-0.3, -0.25) is 0 Å². The first-order valence-electron chi connectivity index (χ1n) is 6.65. The normalized spacial score (nSPS) is 10.8. The zero-order valence-corrected chi connectivity index (χ0v) is 13.4. The lowest BCUT2D eigenvalue weighted by atomic mass is 9.98. The van der Waals surface area contributed by atoms with Crippen LogP contribution >= 0.6 is 15.9 Å². The summed E-state index contributed by atoms with van der Waals surface area (Å²) in [5.41, 5.74) is 11.2. The van der Waals surface area contributed by atoms with Gasteiger partial charge in [-0.15, -0.1) is 0 Å². The van der Waals surface area contributed by atoms with Gasteiger partial charge in [-0.25, -0.2) is 0 Å². The van der Waals surface area contributed by atoms with Crippen LogP contribution < -0.4 is 5.73 Å². The second-order valence-electron chi connectivity index (χ2n) is 5.10. The summed E-state index contributed by atoms with van der Waals surface area (Å²) >= 11 is 3.47. The average molecular weight is 343 g/mol. The number of nitrogens with zero attached hydrogens (tertiary/aromatic N) is 1. The third-order valence-corrected chi connectivity index (χ3v) is 3.99. The van der Waals surface area contributed by atoms with E-state index in [-0.39, 0.29) is 0 Å². The molecule has 0 bridgehead atoms. The average Bonchev–Trinajstić information content (AvgIpc) is 2.82. The van der Waals surface area contributed by atoms with Gasteiger partial charge >= 0.3 is 0 Å². The van der Waals surface area contributed by atoms with E-state index in [0.29, 0.717) is 11.6 Å². The summed E-state index contributed by atoms with van der Waals surface area (Å²) in [4.78, 5) is 0. The van der Waals surface area contributed by atoms with Gasteiger partial charge in [0.1, 0.15) is 0 Å². The topological polar surface area (TPSA) is 52.0 Å². The molecule has 1 heterocycles. The molecule has 0 aliphatic carbocycles. The molecule has 0 amide bonds. The summed E-state index contributed by atoms with van der Waals surface area (Å²) in [6.07, 6.45) is 0. The van der Waals surface area contributed by atoms with Crippen molar-refractivity contribution >= 4 is 21.7 Å². The summed E-state index contributed by atoms with van der Waals surface area (Å²) in [5.74, 6) is 1.12. The van der Waals surface area contributed by atoms with Crippen molar-refractivity contribution in [3.05, 3.63) is 58.1 Å². The highest BCUT2D eigenvalue weighted by Crippen LogP contribution is 2.38. The molecule has 0 radical (unpaired) electrons. The monoisotopic (exact) mass is 342 g/mol. The molecule has 0 spiro atoms. The summed E-state index contributed by atoms with van der Waals surface area (Å²) in [6.45, 7) is 4.10. The third kappa shape index (κ3) is 2.59. The fourth-order valence-corrected chi connectivity index (χ4v) is 2.84. The van der Waals surface area contributed by atoms with Crippen LogP contribution in [0.15, 0.2) is 51.5 Å². The van der Waals surface area contributed by atoms with Crippen molar-refractivity contribution in [2.24, 2.45) is 0 Å². The minimum atomic E-state index is 0.413. The predicted octanol–water partition coefficient (Wildman–Crippen LogP) is 4.97. The van der Waals surface area contributed by atoms with Gasteiger partial charge in [-0.05, 0) is 43.2 Å². The molecule has 0 fully saturated rings. The number of rotatable bonds is 2. The van der Waals surface area contributed by atoms with Gasteiger partial charge in [-0.2, -0.15) is 0 Å². The van der Waals surface area contributed by atoms with Gasteiger partial charge in [0.2, 0.25) is 0 Å². The molecular formula is C17H15BrN2O. The van der Waals surface area contributed by atoms with Crippen LogP contribution in [0.4, 0.5) is 5.82 Å². The second kappa shape index (κ2) is 5.37. The largest absolute Gasteiger partial charge is 0.380 e. The lowest BCUT2D eigenvalue weighted by Crippen LogP contribution is -1.90. The molecule has 0 aliphatic rings. The van der Waals surface area contributed by atoms with Crippen molar-refractivity contribution in [1.82, 2.24) is 5.16 Å². The fraction of sp³-hybridized carbons (Fsp3) is 0.118. The molecule has 0 unspecified atom stereocenters. The Balaban J connectivity index is 2.19. The number of aryl methyl sites for hydroxylation is 2. The third-order valence-electron chi connectivity index (χ3n) is 3.49. The molecule has 106 valence electrons. The van der Waals surface area contributed by atoms with Crippen LogP contribution in [0.3, 0.4) is 0 Å². The minimum absolute atomic E-state index is 0.413. The number of halogens is 1. The standard InChI is InChI=1S/C17H15BrN2O/c1-10-3-5-12(6-4-10)15-16(21-20-17(15)19)14-8-7-13(18)9-11(14)2/h3-9H,1-2H3,(H2,19,20). The van der Waals surface area contributed by atoms with Crippen LogP contribution in [-0.4, -0.2) is 5.16 Å². The quantitative estimate of drug-likeness (QED) is 0.715. The Morgan fingerprint density at radius 3 is 2.43 bits per heavy atom. The molecular weight excluding hydrogens is 328 g/mol. The molecule has 0 aliphatic heterocycles. The maximum Gasteiger partial charge on any atom is 0.177 e. The highest BCUT2D eigenvalue weighted by atomic mass is 79.9. The van der Waals surface area contributed by atoms with Crippen molar-refractivity contribution < 1.29 is 4.52 Å². The van der Waals surface area contributed by atoms with Gasteiger partial charge in [0.25, 0.3) is 0 Å². The summed E-state index contributed by atoms with van der Waals surface area (Å²) in [5, 5.41) is 3.95. The van der Waals surface area contributed by atoms with Gasteiger partial charge in [-0.1, -0.05) is 50.9 Å². The summed E-state index contributed by atoms with van der Waals surface area (Å²) in [7, 11) is 0. The van der Waals surface area contributed by atoms with Crippen LogP contribution in [0.25, 0.3) is 22.5 Å². The number of anilines is 1. The molecule has 0 saturated carbocycles. The predicted molar refractivity (Wildman–Crippen MR) is 89.0 cm³/mol. The van der Waals surface area contributed by atoms with Gasteiger partial charge < -0.3 is 10.3 Å². The number of hydrogen-bond donors (Lipinski definition) is 1. The molecule has 0 atom stereocenters. The molecule has 2 aromatic carbocycles. The molecule has 0 saturated heterocycles. The van der Waals surface area contributed by atoms with Gasteiger partial charge in [0.05, 0.1) is 5.56 Å². The molecule has 3 nitrogen and oxygen atoms in total. The second-order valence-corrected chi connectivity index (χ2v) is 6.01. The van der Waals surface area contributed by atoms with E-state index in [1.807, 2.05) is 37.3 Å². The van der Waals surface area contributed by atoms with E-state index in [1.165, 1.54) is 5.56 Å². The fourth-order valence-electron chi connectivity index (χ4n) is 2.37. The number of nitrogen functional groups attached to an aromatic ring is 1. The Hall–Kier alpha value is -2.07. The van der Waals surface area contributed by atoms with Crippen LogP contribution in [0.2, 0.25) is 0 Å². The van der Waals surface area contributed by atoms with Gasteiger partial charge in [0, 0.05) is 10.0 Å². The SMILES string of the molecule is Cc1ccc(-c2c(N)noc2-c2ccc(Br)cc2C)cc1. The van der Waals surface area contributed by atoms with Crippen molar-refractivity contribution in [3.63, 3.8) is 0 Å². The maximum absolute atomic E-state index is 6.01. The molecule has 2 N–H and O–H groups in total. The number of nitrogens with two attached hydrogens (primary N) is 1. The molecule has 21 heavy (non-hydrogen) atoms. The minimum Gasteiger partial charge on any atom is -0.380 e. The van der Waals surface area contributed by atoms with Crippen LogP contribution in [0, 0.1) is 13.8 Å². The first-order chi connectivity index (χ1) is 10.1. The van der Waals surface area contributed by atoms with Gasteiger partial charge in [0.15, 0.2) is 11.6 Å². The number of hydrogen-bond acceptors (Lipinski definition) is 3. The zero-order chi connectivity index (χ0) is 15.0. The Bertz CT molecular complexity index is 791.